The molecule has 0 atom stereocenters. The van der Waals surface area contributed by atoms with Gasteiger partial charge in [0.2, 0.25) is 15.5 Å². The van der Waals surface area contributed by atoms with Gasteiger partial charge < -0.3 is 14.7 Å². The molecule has 0 amide bonds. The predicted molar refractivity (Wildman–Crippen MR) is 135 cm³/mol. The van der Waals surface area contributed by atoms with E-state index in [9.17, 15) is 18.3 Å². The molecule has 0 unspecified atom stereocenters. The van der Waals surface area contributed by atoms with Crippen LogP contribution >= 0.6 is 0 Å². The molecule has 0 bridgehead atoms. The van der Waals surface area contributed by atoms with Crippen LogP contribution in [0.5, 0.6) is 5.75 Å². The van der Waals surface area contributed by atoms with Crippen LogP contribution in [0.1, 0.15) is 22.4 Å². The van der Waals surface area contributed by atoms with Gasteiger partial charge in [0.1, 0.15) is 13.2 Å². The van der Waals surface area contributed by atoms with Gasteiger partial charge in [0, 0.05) is 6.07 Å². The number of rotatable bonds is 11. The molecule has 0 fully saturated rings. The van der Waals surface area contributed by atoms with Gasteiger partial charge >= 0.3 is 0 Å². The number of nitrogens with zero attached hydrogens (tertiary/aromatic N) is 1. The highest BCUT2D eigenvalue weighted by molar-refractivity contribution is 7.89. The molecule has 4 aromatic rings. The van der Waals surface area contributed by atoms with E-state index in [0.29, 0.717) is 11.3 Å². The summed E-state index contributed by atoms with van der Waals surface area (Å²) in [6, 6.07) is 26.2. The number of aromatic nitrogens is 1. The van der Waals surface area contributed by atoms with Crippen LogP contribution in [-0.4, -0.2) is 18.3 Å². The Kier molecular flexibility index (Phi) is 8.17. The van der Waals surface area contributed by atoms with E-state index >= 15 is 0 Å². The van der Waals surface area contributed by atoms with Crippen molar-refractivity contribution in [1.29, 1.82) is 0 Å². The van der Waals surface area contributed by atoms with Crippen LogP contribution in [0.25, 0.3) is 0 Å². The number of sulfonamides is 1. The molecule has 36 heavy (non-hydrogen) atoms. The Bertz CT molecular complexity index is 1450. The van der Waals surface area contributed by atoms with Crippen molar-refractivity contribution in [2.24, 2.45) is 0 Å². The van der Waals surface area contributed by atoms with E-state index in [4.69, 9.17) is 9.57 Å². The molecular formula is C27H26N2O6S. The maximum Gasteiger partial charge on any atom is 0.240 e. The fourth-order valence-corrected chi connectivity index (χ4v) is 4.48. The van der Waals surface area contributed by atoms with E-state index < -0.39 is 15.5 Å². The first-order valence-corrected chi connectivity index (χ1v) is 12.7. The Balaban J connectivity index is 1.57. The van der Waals surface area contributed by atoms with Crippen LogP contribution in [0.4, 0.5) is 0 Å². The zero-order chi connectivity index (χ0) is 25.4. The lowest BCUT2D eigenvalue weighted by atomic mass is 10.2. The molecule has 4 rings (SSSR count). The van der Waals surface area contributed by atoms with Gasteiger partial charge in [0.05, 0.1) is 29.9 Å². The highest BCUT2D eigenvalue weighted by Gasteiger charge is 2.17. The third-order valence-electron chi connectivity index (χ3n) is 5.34. The molecule has 0 radical (unpaired) electrons. The molecule has 0 saturated heterocycles. The maximum absolute atomic E-state index is 12.8. The van der Waals surface area contributed by atoms with Gasteiger partial charge in [-0.2, -0.15) is 4.73 Å². The fraction of sp³-hybridized carbons (Fsp3) is 0.148. The lowest BCUT2D eigenvalue weighted by molar-refractivity contribution is 0.0865. The lowest BCUT2D eigenvalue weighted by Crippen LogP contribution is -2.28. The number of pyridine rings is 1. The largest absolute Gasteiger partial charge is 0.483 e. The summed E-state index contributed by atoms with van der Waals surface area (Å²) in [6.07, 6.45) is 1.42. The van der Waals surface area contributed by atoms with Gasteiger partial charge in [0.25, 0.3) is 0 Å². The smallest absolute Gasteiger partial charge is 0.240 e. The Morgan fingerprint density at radius 2 is 1.44 bits per heavy atom. The van der Waals surface area contributed by atoms with Crippen molar-refractivity contribution in [2.45, 2.75) is 31.3 Å². The van der Waals surface area contributed by atoms with E-state index in [1.165, 1.54) is 29.1 Å². The Morgan fingerprint density at radius 1 is 0.806 bits per heavy atom. The van der Waals surface area contributed by atoms with E-state index in [-0.39, 0.29) is 37.0 Å². The van der Waals surface area contributed by atoms with Gasteiger partial charge in [-0.15, -0.1) is 0 Å². The summed E-state index contributed by atoms with van der Waals surface area (Å²) in [4.78, 5) is 18.7. The SMILES string of the molecule is O=c1cc(CNS(=O)(=O)c2cccc(CO)c2)n(OCc2ccccc2)cc1OCc1ccccc1. The minimum Gasteiger partial charge on any atom is -0.483 e. The molecule has 9 heteroatoms. The number of aliphatic hydroxyl groups is 1. The van der Waals surface area contributed by atoms with E-state index in [2.05, 4.69) is 4.72 Å². The zero-order valence-corrected chi connectivity index (χ0v) is 20.2. The van der Waals surface area contributed by atoms with E-state index in [1.807, 2.05) is 60.7 Å². The quantitative estimate of drug-likeness (QED) is 0.324. The van der Waals surface area contributed by atoms with Crippen molar-refractivity contribution in [2.75, 3.05) is 0 Å². The molecule has 2 N–H and O–H groups in total. The highest BCUT2D eigenvalue weighted by Crippen LogP contribution is 2.14. The van der Waals surface area contributed by atoms with Crippen molar-refractivity contribution >= 4 is 10.0 Å². The van der Waals surface area contributed by atoms with Gasteiger partial charge in [-0.25, -0.2) is 13.1 Å². The van der Waals surface area contributed by atoms with Crippen LogP contribution in [-0.2, 0) is 36.4 Å². The molecule has 0 saturated carbocycles. The summed E-state index contributed by atoms with van der Waals surface area (Å²) < 4.78 is 35.2. The summed E-state index contributed by atoms with van der Waals surface area (Å²) in [6.45, 7) is -0.0859. The first kappa shape index (κ1) is 25.2. The summed E-state index contributed by atoms with van der Waals surface area (Å²) in [5.41, 5.74) is 2.17. The van der Waals surface area contributed by atoms with Crippen molar-refractivity contribution in [1.82, 2.24) is 9.45 Å². The number of hydrogen-bond donors (Lipinski definition) is 2. The second kappa shape index (κ2) is 11.7. The third-order valence-corrected chi connectivity index (χ3v) is 6.74. The van der Waals surface area contributed by atoms with Crippen molar-refractivity contribution in [3.05, 3.63) is 130 Å². The standard InChI is InChI=1S/C27H26N2O6S/c30-18-23-12-7-13-25(14-23)36(32,33)28-16-24-15-26(31)27(34-19-21-8-3-1-4-9-21)17-29(24)35-20-22-10-5-2-6-11-22/h1-15,17,28,30H,16,18-20H2. The number of ether oxygens (including phenoxy) is 1. The first-order chi connectivity index (χ1) is 17.4. The maximum atomic E-state index is 12.8. The molecule has 8 nitrogen and oxygen atoms in total. The number of nitrogens with one attached hydrogen (secondary N) is 1. The number of benzene rings is 3. The minimum atomic E-state index is -3.91. The third kappa shape index (κ3) is 6.60. The van der Waals surface area contributed by atoms with Crippen LogP contribution in [0.3, 0.4) is 0 Å². The molecule has 1 aromatic heterocycles. The molecule has 0 spiro atoms. The predicted octanol–water partition coefficient (Wildman–Crippen LogP) is 3.03. The van der Waals surface area contributed by atoms with Crippen LogP contribution < -0.4 is 19.7 Å². The second-order valence-corrected chi connectivity index (χ2v) is 9.75. The highest BCUT2D eigenvalue weighted by atomic mass is 32.2. The Morgan fingerprint density at radius 3 is 2.11 bits per heavy atom. The molecular weight excluding hydrogens is 480 g/mol. The average molecular weight is 507 g/mol. The van der Waals surface area contributed by atoms with Gasteiger partial charge in [-0.05, 0) is 28.8 Å². The topological polar surface area (TPSA) is 107 Å². The van der Waals surface area contributed by atoms with Crippen molar-refractivity contribution in [3.8, 4) is 5.75 Å². The fourth-order valence-electron chi connectivity index (χ4n) is 3.41. The molecule has 186 valence electrons. The molecule has 0 aliphatic carbocycles. The number of hydrogen-bond acceptors (Lipinski definition) is 6. The van der Waals surface area contributed by atoms with E-state index in [0.717, 1.165) is 11.1 Å². The van der Waals surface area contributed by atoms with Crippen LogP contribution in [0, 0.1) is 0 Å². The Labute approximate surface area is 209 Å². The summed E-state index contributed by atoms with van der Waals surface area (Å²) in [5, 5.41) is 9.32. The average Bonchev–Trinajstić information content (AvgIpc) is 2.91. The molecule has 0 aliphatic rings. The lowest BCUT2D eigenvalue weighted by Gasteiger charge is -2.17. The molecule has 0 aliphatic heterocycles. The Hall–Kier alpha value is -3.92. The zero-order valence-electron chi connectivity index (χ0n) is 19.4. The summed E-state index contributed by atoms with van der Waals surface area (Å²) >= 11 is 0. The van der Waals surface area contributed by atoms with Gasteiger partial charge in [-0.3, -0.25) is 4.79 Å². The first-order valence-electron chi connectivity index (χ1n) is 11.2. The normalized spacial score (nSPS) is 11.2. The van der Waals surface area contributed by atoms with Crippen molar-refractivity contribution in [3.63, 3.8) is 0 Å². The summed E-state index contributed by atoms with van der Waals surface area (Å²) in [5.74, 6) is 0.0779. The molecule has 1 heterocycles. The van der Waals surface area contributed by atoms with Crippen molar-refractivity contribution < 1.29 is 23.1 Å². The monoisotopic (exact) mass is 506 g/mol. The molecule has 3 aromatic carbocycles. The number of aliphatic hydroxyl groups excluding tert-OH is 1. The van der Waals surface area contributed by atoms with E-state index in [1.54, 1.807) is 12.1 Å². The second-order valence-electron chi connectivity index (χ2n) is 7.98. The minimum absolute atomic E-state index is 0.0102. The van der Waals surface area contributed by atoms with Gasteiger partial charge in [-0.1, -0.05) is 72.8 Å². The van der Waals surface area contributed by atoms with Crippen LogP contribution in [0.15, 0.2) is 107 Å². The summed E-state index contributed by atoms with van der Waals surface area (Å²) in [7, 11) is -3.91. The van der Waals surface area contributed by atoms with Gasteiger partial charge in [0.15, 0.2) is 5.75 Å². The van der Waals surface area contributed by atoms with Crippen LogP contribution in [0.2, 0.25) is 0 Å².